The second-order valence-corrected chi connectivity index (χ2v) is 6.52. The van der Waals surface area contributed by atoms with Gasteiger partial charge in [0, 0.05) is 19.1 Å². The van der Waals surface area contributed by atoms with E-state index in [-0.39, 0.29) is 17.5 Å². The van der Waals surface area contributed by atoms with Crippen LogP contribution in [0.3, 0.4) is 0 Å². The number of ether oxygens (including phenoxy) is 1. The Kier molecular flexibility index (Phi) is 4.28. The molecule has 0 aromatic rings. The van der Waals surface area contributed by atoms with Gasteiger partial charge in [-0.3, -0.25) is 9.69 Å². The smallest absolute Gasteiger partial charge is 0.310 e. The lowest BCUT2D eigenvalue weighted by molar-refractivity contribution is -0.161. The maximum Gasteiger partial charge on any atom is 0.310 e. The number of nitrogens with one attached hydrogen (secondary N) is 1. The summed E-state index contributed by atoms with van der Waals surface area (Å²) in [5, 5.41) is 3.39. The van der Waals surface area contributed by atoms with Gasteiger partial charge in [0.1, 0.15) is 5.60 Å². The molecule has 4 nitrogen and oxygen atoms in total. The van der Waals surface area contributed by atoms with Gasteiger partial charge >= 0.3 is 5.97 Å². The minimum Gasteiger partial charge on any atom is -0.460 e. The fraction of sp³-hybridized carbons (Fsp3) is 0.929. The molecule has 2 aliphatic heterocycles. The molecule has 1 N–H and O–H groups in total. The van der Waals surface area contributed by atoms with Crippen molar-refractivity contribution in [1.82, 2.24) is 10.2 Å². The highest BCUT2D eigenvalue weighted by atomic mass is 16.6. The third-order valence-corrected chi connectivity index (χ3v) is 3.72. The van der Waals surface area contributed by atoms with Gasteiger partial charge in [-0.2, -0.15) is 0 Å². The fourth-order valence-electron chi connectivity index (χ4n) is 2.87. The van der Waals surface area contributed by atoms with Crippen LogP contribution in [0.5, 0.6) is 0 Å². The van der Waals surface area contributed by atoms with Crippen LogP contribution in [-0.2, 0) is 9.53 Å². The molecule has 2 rings (SSSR count). The summed E-state index contributed by atoms with van der Waals surface area (Å²) >= 11 is 0. The number of hydrogen-bond donors (Lipinski definition) is 1. The summed E-state index contributed by atoms with van der Waals surface area (Å²) < 4.78 is 5.49. The van der Waals surface area contributed by atoms with Gasteiger partial charge in [0.05, 0.1) is 5.92 Å². The maximum absolute atomic E-state index is 12.1. The van der Waals surface area contributed by atoms with E-state index in [2.05, 4.69) is 10.2 Å². The van der Waals surface area contributed by atoms with Crippen LogP contribution in [0.4, 0.5) is 0 Å². The molecule has 0 bridgehead atoms. The van der Waals surface area contributed by atoms with E-state index >= 15 is 0 Å². The fourth-order valence-corrected chi connectivity index (χ4v) is 2.87. The van der Waals surface area contributed by atoms with Crippen molar-refractivity contribution in [2.45, 2.75) is 51.7 Å². The summed E-state index contributed by atoms with van der Waals surface area (Å²) in [4.78, 5) is 14.6. The third kappa shape index (κ3) is 3.69. The van der Waals surface area contributed by atoms with Gasteiger partial charge in [-0.1, -0.05) is 0 Å². The Balaban J connectivity index is 1.87. The van der Waals surface area contributed by atoms with E-state index in [9.17, 15) is 4.79 Å². The molecular weight excluding hydrogens is 228 g/mol. The molecule has 0 amide bonds. The largest absolute Gasteiger partial charge is 0.460 e. The van der Waals surface area contributed by atoms with Gasteiger partial charge in [-0.15, -0.1) is 0 Å². The average molecular weight is 254 g/mol. The van der Waals surface area contributed by atoms with Crippen molar-refractivity contribution in [1.29, 1.82) is 0 Å². The molecule has 4 heteroatoms. The summed E-state index contributed by atoms with van der Waals surface area (Å²) in [5.41, 5.74) is -0.377. The van der Waals surface area contributed by atoms with Crippen LogP contribution < -0.4 is 5.32 Å². The zero-order valence-electron chi connectivity index (χ0n) is 11.9. The molecule has 0 aliphatic carbocycles. The number of carbonyl (C=O) groups is 1. The predicted octanol–water partition coefficient (Wildman–Crippen LogP) is 1.40. The van der Waals surface area contributed by atoms with E-state index in [4.69, 9.17) is 4.74 Å². The van der Waals surface area contributed by atoms with Gasteiger partial charge in [0.25, 0.3) is 0 Å². The Morgan fingerprint density at radius 1 is 1.22 bits per heavy atom. The highest BCUT2D eigenvalue weighted by molar-refractivity contribution is 5.73. The molecule has 0 aromatic carbocycles. The second kappa shape index (κ2) is 5.57. The zero-order chi connectivity index (χ0) is 13.2. The first-order chi connectivity index (χ1) is 8.46. The maximum atomic E-state index is 12.1. The predicted molar refractivity (Wildman–Crippen MR) is 71.4 cm³/mol. The summed E-state index contributed by atoms with van der Waals surface area (Å²) in [7, 11) is 0. The van der Waals surface area contributed by atoms with Crippen LogP contribution >= 0.6 is 0 Å². The van der Waals surface area contributed by atoms with Crippen LogP contribution in [0.15, 0.2) is 0 Å². The third-order valence-electron chi connectivity index (χ3n) is 3.72. The molecule has 18 heavy (non-hydrogen) atoms. The summed E-state index contributed by atoms with van der Waals surface area (Å²) in [5.74, 6) is -0.0255. The number of piperidine rings is 1. The van der Waals surface area contributed by atoms with E-state index in [1.54, 1.807) is 0 Å². The Hall–Kier alpha value is -0.610. The molecule has 2 heterocycles. The minimum atomic E-state index is -0.377. The number of hydrogen-bond acceptors (Lipinski definition) is 4. The van der Waals surface area contributed by atoms with E-state index < -0.39 is 0 Å². The van der Waals surface area contributed by atoms with Crippen molar-refractivity contribution >= 4 is 5.97 Å². The molecule has 2 saturated heterocycles. The summed E-state index contributed by atoms with van der Waals surface area (Å²) in [6.07, 6.45) is 3.54. The lowest BCUT2D eigenvalue weighted by atomic mass is 9.94. The number of rotatable bonds is 2. The van der Waals surface area contributed by atoms with Crippen molar-refractivity contribution in [3.63, 3.8) is 0 Å². The molecule has 2 fully saturated rings. The Labute approximate surface area is 110 Å². The van der Waals surface area contributed by atoms with E-state index in [1.807, 2.05) is 20.8 Å². The number of likely N-dealkylation sites (tertiary alicyclic amines) is 1. The molecule has 0 saturated carbocycles. The van der Waals surface area contributed by atoms with Gasteiger partial charge < -0.3 is 10.1 Å². The average Bonchev–Trinajstić information content (AvgIpc) is 2.80. The molecule has 0 radical (unpaired) electrons. The number of esters is 1. The second-order valence-electron chi connectivity index (χ2n) is 6.52. The SMILES string of the molecule is CC(C)(C)OC(=O)[C@H]1CNC[C@H](N2CCCC2)C1. The van der Waals surface area contributed by atoms with Crippen molar-refractivity contribution in [2.24, 2.45) is 5.92 Å². The number of nitrogens with zero attached hydrogens (tertiary/aromatic N) is 1. The number of carbonyl (C=O) groups excluding carboxylic acids is 1. The molecule has 0 unspecified atom stereocenters. The van der Waals surface area contributed by atoms with E-state index in [1.165, 1.54) is 25.9 Å². The summed E-state index contributed by atoms with van der Waals surface area (Å²) in [6, 6.07) is 0.513. The first-order valence-electron chi connectivity index (χ1n) is 7.13. The van der Waals surface area contributed by atoms with Crippen molar-refractivity contribution in [2.75, 3.05) is 26.2 Å². The molecule has 2 atom stereocenters. The summed E-state index contributed by atoms with van der Waals surface area (Å²) in [6.45, 7) is 9.94. The minimum absolute atomic E-state index is 0.0172. The Bertz CT molecular complexity index is 293. The topological polar surface area (TPSA) is 41.6 Å². The van der Waals surface area contributed by atoms with Gasteiger partial charge in [0.15, 0.2) is 0 Å². The first-order valence-corrected chi connectivity index (χ1v) is 7.13. The molecule has 2 aliphatic rings. The lowest BCUT2D eigenvalue weighted by Gasteiger charge is -2.35. The standard InChI is InChI=1S/C14H26N2O2/c1-14(2,3)18-13(17)11-8-12(10-15-9-11)16-6-4-5-7-16/h11-12,15H,4-10H2,1-3H3/t11-,12-/m1/s1. The molecular formula is C14H26N2O2. The molecule has 0 aromatic heterocycles. The van der Waals surface area contributed by atoms with E-state index in [0.29, 0.717) is 6.04 Å². The van der Waals surface area contributed by atoms with E-state index in [0.717, 1.165) is 19.5 Å². The Morgan fingerprint density at radius 3 is 2.50 bits per heavy atom. The van der Waals surface area contributed by atoms with Crippen LogP contribution in [0.1, 0.15) is 40.0 Å². The quantitative estimate of drug-likeness (QED) is 0.756. The first kappa shape index (κ1) is 13.8. The van der Waals surface area contributed by atoms with Crippen LogP contribution in [0.2, 0.25) is 0 Å². The highest BCUT2D eigenvalue weighted by Gasteiger charge is 2.33. The Morgan fingerprint density at radius 2 is 1.89 bits per heavy atom. The van der Waals surface area contributed by atoms with Crippen LogP contribution in [-0.4, -0.2) is 48.7 Å². The van der Waals surface area contributed by atoms with Crippen LogP contribution in [0.25, 0.3) is 0 Å². The molecule has 0 spiro atoms. The van der Waals surface area contributed by atoms with Crippen molar-refractivity contribution in [3.05, 3.63) is 0 Å². The van der Waals surface area contributed by atoms with Crippen LogP contribution in [0, 0.1) is 5.92 Å². The zero-order valence-corrected chi connectivity index (χ0v) is 11.9. The highest BCUT2D eigenvalue weighted by Crippen LogP contribution is 2.22. The normalized spacial score (nSPS) is 30.4. The van der Waals surface area contributed by atoms with Gasteiger partial charge in [-0.05, 0) is 53.1 Å². The van der Waals surface area contributed by atoms with Gasteiger partial charge in [-0.25, -0.2) is 0 Å². The monoisotopic (exact) mass is 254 g/mol. The van der Waals surface area contributed by atoms with Crippen molar-refractivity contribution in [3.8, 4) is 0 Å². The lowest BCUT2D eigenvalue weighted by Crippen LogP contribution is -2.50. The van der Waals surface area contributed by atoms with Gasteiger partial charge in [0.2, 0.25) is 0 Å². The molecule has 104 valence electrons. The van der Waals surface area contributed by atoms with Crippen molar-refractivity contribution < 1.29 is 9.53 Å².